The van der Waals surface area contributed by atoms with E-state index in [1.165, 1.54) is 9.47 Å². The molecule has 0 saturated heterocycles. The van der Waals surface area contributed by atoms with E-state index in [-0.39, 0.29) is 31.1 Å². The molecule has 0 aliphatic carbocycles. The zero-order valence-corrected chi connectivity index (χ0v) is 19.0. The molecule has 174 valence electrons. The van der Waals surface area contributed by atoms with Crippen molar-refractivity contribution >= 4 is 34.7 Å². The van der Waals surface area contributed by atoms with Crippen molar-refractivity contribution in [2.75, 3.05) is 42.8 Å². The minimum absolute atomic E-state index is 0.0699. The van der Waals surface area contributed by atoms with Crippen molar-refractivity contribution in [3.63, 3.8) is 0 Å². The number of H-pyrrole nitrogens is 1. The van der Waals surface area contributed by atoms with Gasteiger partial charge in [0.05, 0.1) is 13.1 Å². The number of aromatic nitrogens is 2. The van der Waals surface area contributed by atoms with Gasteiger partial charge in [-0.15, -0.1) is 0 Å². The van der Waals surface area contributed by atoms with Crippen LogP contribution in [0, 0.1) is 0 Å². The number of benzene rings is 2. The Kier molecular flexibility index (Phi) is 8.28. The number of hydrogen-bond donors (Lipinski definition) is 3. The molecular weight excluding hydrogens is 446 g/mol. The molecule has 0 saturated carbocycles. The topological polar surface area (TPSA) is 122 Å². The Morgan fingerprint density at radius 1 is 1.18 bits per heavy atom. The second-order valence-electron chi connectivity index (χ2n) is 7.32. The van der Waals surface area contributed by atoms with E-state index in [1.54, 1.807) is 31.4 Å². The van der Waals surface area contributed by atoms with Gasteiger partial charge in [-0.05, 0) is 30.2 Å². The van der Waals surface area contributed by atoms with Gasteiger partial charge < -0.3 is 20.7 Å². The van der Waals surface area contributed by atoms with Crippen molar-refractivity contribution in [2.24, 2.45) is 0 Å². The summed E-state index contributed by atoms with van der Waals surface area (Å²) in [5.41, 5.74) is 6.32. The van der Waals surface area contributed by atoms with Gasteiger partial charge in [0.15, 0.2) is 5.69 Å². The minimum atomic E-state index is -0.727. The molecule has 0 bridgehead atoms. The number of methoxy groups -OCH3 is 1. The number of aromatic amines is 1. The number of rotatable bonds is 10. The van der Waals surface area contributed by atoms with Crippen LogP contribution in [0.15, 0.2) is 64.2 Å². The second kappa shape index (κ2) is 11.3. The van der Waals surface area contributed by atoms with Crippen LogP contribution in [-0.2, 0) is 16.1 Å². The van der Waals surface area contributed by atoms with Gasteiger partial charge in [-0.2, -0.15) is 0 Å². The van der Waals surface area contributed by atoms with Gasteiger partial charge in [0, 0.05) is 31.0 Å². The molecule has 9 nitrogen and oxygen atoms in total. The normalized spacial score (nSPS) is 10.7. The average Bonchev–Trinajstić information content (AvgIpc) is 2.80. The summed E-state index contributed by atoms with van der Waals surface area (Å²) in [4.78, 5) is 42.0. The van der Waals surface area contributed by atoms with E-state index in [4.69, 9.17) is 22.1 Å². The highest BCUT2D eigenvalue weighted by atomic mass is 35.5. The first kappa shape index (κ1) is 24.1. The van der Waals surface area contributed by atoms with E-state index in [9.17, 15) is 14.4 Å². The fraction of sp³-hybridized carbons (Fsp3) is 0.261. The smallest absolute Gasteiger partial charge is 0.330 e. The van der Waals surface area contributed by atoms with E-state index >= 15 is 0 Å². The summed E-state index contributed by atoms with van der Waals surface area (Å²) in [5, 5.41) is 3.53. The molecule has 3 aromatic rings. The standard InChI is InChI=1S/C23H26ClN5O4/c1-33-12-6-11-28(19(30)14-26-18-10-5-9-17(24)13-18)20-21(25)29(23(32)27-22(20)31)15-16-7-3-2-4-8-16/h2-5,7-10,13,26H,6,11-12,14-15,25H2,1H3,(H,27,31,32). The highest BCUT2D eigenvalue weighted by Crippen LogP contribution is 2.19. The third-order valence-corrected chi connectivity index (χ3v) is 5.20. The van der Waals surface area contributed by atoms with Gasteiger partial charge in [0.2, 0.25) is 5.91 Å². The SMILES string of the molecule is COCCCN(C(=O)CNc1cccc(Cl)c1)c1c(N)n(Cc2ccccc2)c(=O)[nH]c1=O. The summed E-state index contributed by atoms with van der Waals surface area (Å²) in [6.07, 6.45) is 0.468. The number of carbonyl (C=O) groups excluding carboxylic acids is 1. The number of hydrogen-bond acceptors (Lipinski definition) is 6. The van der Waals surface area contributed by atoms with E-state index in [0.29, 0.717) is 23.7 Å². The Morgan fingerprint density at radius 2 is 1.94 bits per heavy atom. The predicted octanol–water partition coefficient (Wildman–Crippen LogP) is 2.30. The first-order chi connectivity index (χ1) is 15.9. The third kappa shape index (κ3) is 6.24. The van der Waals surface area contributed by atoms with Gasteiger partial charge in [-0.1, -0.05) is 48.0 Å². The Hall–Kier alpha value is -3.56. The highest BCUT2D eigenvalue weighted by Gasteiger charge is 2.24. The molecule has 1 aromatic heterocycles. The van der Waals surface area contributed by atoms with Crippen LogP contribution < -0.4 is 27.2 Å². The van der Waals surface area contributed by atoms with E-state index in [1.807, 2.05) is 30.3 Å². The van der Waals surface area contributed by atoms with Gasteiger partial charge >= 0.3 is 5.69 Å². The van der Waals surface area contributed by atoms with Gasteiger partial charge in [0.25, 0.3) is 5.56 Å². The lowest BCUT2D eigenvalue weighted by Gasteiger charge is -2.25. The molecule has 0 fully saturated rings. The molecular formula is C23H26ClN5O4. The Labute approximate surface area is 195 Å². The molecule has 2 aromatic carbocycles. The van der Waals surface area contributed by atoms with Crippen LogP contribution in [0.25, 0.3) is 0 Å². The number of nitrogens with zero attached hydrogens (tertiary/aromatic N) is 2. The summed E-state index contributed by atoms with van der Waals surface area (Å²) >= 11 is 6.00. The Balaban J connectivity index is 1.93. The van der Waals surface area contributed by atoms with Crippen LogP contribution in [0.1, 0.15) is 12.0 Å². The van der Waals surface area contributed by atoms with Gasteiger partial charge in [-0.25, -0.2) is 4.79 Å². The molecule has 10 heteroatoms. The summed E-state index contributed by atoms with van der Waals surface area (Å²) in [7, 11) is 1.55. The number of nitrogens with one attached hydrogen (secondary N) is 2. The van der Waals surface area contributed by atoms with Crippen molar-refractivity contribution in [2.45, 2.75) is 13.0 Å². The van der Waals surface area contributed by atoms with Gasteiger partial charge in [0.1, 0.15) is 5.82 Å². The minimum Gasteiger partial charge on any atom is -0.385 e. The second-order valence-corrected chi connectivity index (χ2v) is 7.76. The fourth-order valence-corrected chi connectivity index (χ4v) is 3.55. The van der Waals surface area contributed by atoms with Crippen molar-refractivity contribution in [1.82, 2.24) is 9.55 Å². The van der Waals surface area contributed by atoms with Crippen LogP contribution in [0.3, 0.4) is 0 Å². The Morgan fingerprint density at radius 3 is 2.64 bits per heavy atom. The lowest BCUT2D eigenvalue weighted by atomic mass is 10.2. The maximum atomic E-state index is 13.1. The Bertz CT molecular complexity index is 1210. The van der Waals surface area contributed by atoms with Crippen molar-refractivity contribution in [3.05, 3.63) is 86.0 Å². The fourth-order valence-electron chi connectivity index (χ4n) is 3.36. The molecule has 0 aliphatic heterocycles. The van der Waals surface area contributed by atoms with Crippen LogP contribution >= 0.6 is 11.6 Å². The molecule has 4 N–H and O–H groups in total. The number of carbonyl (C=O) groups is 1. The van der Waals surface area contributed by atoms with Crippen LogP contribution in [0.5, 0.6) is 0 Å². The predicted molar refractivity (Wildman–Crippen MR) is 130 cm³/mol. The molecule has 0 unspecified atom stereocenters. The van der Waals surface area contributed by atoms with Crippen molar-refractivity contribution in [3.8, 4) is 0 Å². The summed E-state index contributed by atoms with van der Waals surface area (Å²) in [5.74, 6) is -0.477. The third-order valence-electron chi connectivity index (χ3n) is 4.97. The molecule has 0 radical (unpaired) electrons. The van der Waals surface area contributed by atoms with Gasteiger partial charge in [-0.3, -0.25) is 19.1 Å². The summed E-state index contributed by atoms with van der Waals surface area (Å²) in [6.45, 7) is 0.605. The van der Waals surface area contributed by atoms with Crippen LogP contribution in [0.4, 0.5) is 17.2 Å². The van der Waals surface area contributed by atoms with E-state index < -0.39 is 17.2 Å². The zero-order chi connectivity index (χ0) is 23.8. The lowest BCUT2D eigenvalue weighted by molar-refractivity contribution is -0.117. The van der Waals surface area contributed by atoms with Crippen molar-refractivity contribution in [1.29, 1.82) is 0 Å². The maximum absolute atomic E-state index is 13.1. The number of amides is 1. The average molecular weight is 472 g/mol. The molecule has 3 rings (SSSR count). The number of halogens is 1. The van der Waals surface area contributed by atoms with E-state index in [0.717, 1.165) is 5.56 Å². The molecule has 0 aliphatic rings. The molecule has 0 atom stereocenters. The first-order valence-corrected chi connectivity index (χ1v) is 10.7. The summed E-state index contributed by atoms with van der Waals surface area (Å²) < 4.78 is 6.34. The molecule has 33 heavy (non-hydrogen) atoms. The van der Waals surface area contributed by atoms with Crippen LogP contribution in [0.2, 0.25) is 5.02 Å². The number of nitrogen functional groups attached to an aromatic ring is 1. The highest BCUT2D eigenvalue weighted by molar-refractivity contribution is 6.30. The monoisotopic (exact) mass is 471 g/mol. The summed E-state index contributed by atoms with van der Waals surface area (Å²) in [6, 6.07) is 16.2. The quantitative estimate of drug-likeness (QED) is 0.390. The number of anilines is 3. The zero-order valence-electron chi connectivity index (χ0n) is 18.2. The molecule has 1 heterocycles. The van der Waals surface area contributed by atoms with E-state index in [2.05, 4.69) is 10.3 Å². The maximum Gasteiger partial charge on any atom is 0.330 e. The van der Waals surface area contributed by atoms with Crippen LogP contribution in [-0.4, -0.2) is 42.3 Å². The lowest BCUT2D eigenvalue weighted by Crippen LogP contribution is -2.44. The largest absolute Gasteiger partial charge is 0.385 e. The number of ether oxygens (including phenoxy) is 1. The van der Waals surface area contributed by atoms with Crippen molar-refractivity contribution < 1.29 is 9.53 Å². The first-order valence-electron chi connectivity index (χ1n) is 10.4. The molecule has 1 amide bonds. The number of nitrogens with two attached hydrogens (primary N) is 1. The molecule has 0 spiro atoms.